The minimum Gasteiger partial charge on any atom is -0.359 e. The highest BCUT2D eigenvalue weighted by Gasteiger charge is 2.17. The maximum absolute atomic E-state index is 12.6. The van der Waals surface area contributed by atoms with Crippen molar-refractivity contribution in [3.05, 3.63) is 59.8 Å². The van der Waals surface area contributed by atoms with Gasteiger partial charge >= 0.3 is 0 Å². The number of aromatic amines is 1. The molecule has 0 spiro atoms. The van der Waals surface area contributed by atoms with Gasteiger partial charge in [-0.15, -0.1) is 0 Å². The summed E-state index contributed by atoms with van der Waals surface area (Å²) < 4.78 is 50.4. The first-order valence-corrected chi connectivity index (χ1v) is 11.1. The van der Waals surface area contributed by atoms with Gasteiger partial charge in [-0.2, -0.15) is 0 Å². The van der Waals surface area contributed by atoms with Crippen LogP contribution in [-0.2, 0) is 25.6 Å². The van der Waals surface area contributed by atoms with Crippen molar-refractivity contribution < 1.29 is 16.8 Å². The molecule has 0 radical (unpaired) electrons. The van der Waals surface area contributed by atoms with Crippen molar-refractivity contribution >= 4 is 36.5 Å². The average Bonchev–Trinajstić information content (AvgIpc) is 2.89. The van der Waals surface area contributed by atoms with Crippen molar-refractivity contribution in [2.75, 3.05) is 11.0 Å². The Kier molecular flexibility index (Phi) is 4.34. The number of sulfone groups is 1. The molecule has 0 aliphatic rings. The highest BCUT2D eigenvalue weighted by molar-refractivity contribution is 7.92. The Balaban J connectivity index is 1.91. The lowest BCUT2D eigenvalue weighted by Crippen LogP contribution is -2.13. The van der Waals surface area contributed by atoms with Crippen LogP contribution in [-0.4, -0.2) is 28.1 Å². The Morgan fingerprint density at radius 1 is 1.00 bits per heavy atom. The minimum atomic E-state index is -3.78. The summed E-state index contributed by atoms with van der Waals surface area (Å²) in [7, 11) is -6.94. The third kappa shape index (κ3) is 3.85. The zero-order valence-electron chi connectivity index (χ0n) is 13.8. The van der Waals surface area contributed by atoms with Crippen molar-refractivity contribution in [1.82, 2.24) is 4.98 Å². The zero-order chi connectivity index (χ0) is 18.2. The van der Waals surface area contributed by atoms with Crippen LogP contribution in [0.1, 0.15) is 11.1 Å². The number of sulfonamides is 1. The molecule has 1 aromatic heterocycles. The van der Waals surface area contributed by atoms with E-state index in [9.17, 15) is 16.8 Å². The molecule has 0 saturated carbocycles. The molecule has 0 unspecified atom stereocenters. The third-order valence-corrected chi connectivity index (χ3v) is 6.07. The lowest BCUT2D eigenvalue weighted by Gasteiger charge is -2.10. The Morgan fingerprint density at radius 3 is 2.32 bits per heavy atom. The van der Waals surface area contributed by atoms with Crippen LogP contribution in [0.15, 0.2) is 53.6 Å². The molecule has 0 aliphatic heterocycles. The second-order valence-electron chi connectivity index (χ2n) is 6.02. The molecule has 2 N–H and O–H groups in total. The van der Waals surface area contributed by atoms with Crippen LogP contribution < -0.4 is 4.72 Å². The van der Waals surface area contributed by atoms with E-state index in [4.69, 9.17) is 0 Å². The number of para-hydroxylation sites is 1. The SMILES string of the molecule is Cc1c[nH]c2c(NS(=O)(=O)c3ccc(CS(C)(=O)=O)cc3)cccc12. The van der Waals surface area contributed by atoms with Gasteiger partial charge in [0.1, 0.15) is 0 Å². The number of anilines is 1. The van der Waals surface area contributed by atoms with Crippen molar-refractivity contribution in [3.8, 4) is 0 Å². The second-order valence-corrected chi connectivity index (χ2v) is 9.84. The molecule has 0 atom stereocenters. The fourth-order valence-electron chi connectivity index (χ4n) is 2.65. The summed E-state index contributed by atoms with van der Waals surface area (Å²) in [4.78, 5) is 3.15. The van der Waals surface area contributed by atoms with Gasteiger partial charge in [-0.05, 0) is 36.2 Å². The first-order valence-electron chi connectivity index (χ1n) is 7.52. The maximum Gasteiger partial charge on any atom is 0.261 e. The lowest BCUT2D eigenvalue weighted by atomic mass is 10.2. The maximum atomic E-state index is 12.6. The molecule has 3 rings (SSSR count). The number of hydrogen-bond donors (Lipinski definition) is 2. The molecule has 0 fully saturated rings. The van der Waals surface area contributed by atoms with E-state index in [0.29, 0.717) is 11.3 Å². The summed E-state index contributed by atoms with van der Waals surface area (Å²) in [5, 5.41) is 0.948. The predicted molar refractivity (Wildman–Crippen MR) is 98.8 cm³/mol. The summed E-state index contributed by atoms with van der Waals surface area (Å²) in [6, 6.07) is 11.2. The van der Waals surface area contributed by atoms with E-state index in [1.165, 1.54) is 24.3 Å². The number of nitrogens with one attached hydrogen (secondary N) is 2. The molecular formula is C17H18N2O4S2. The Bertz CT molecular complexity index is 1130. The average molecular weight is 378 g/mol. The van der Waals surface area contributed by atoms with Crippen LogP contribution in [0, 0.1) is 6.92 Å². The molecule has 0 aliphatic carbocycles. The van der Waals surface area contributed by atoms with Gasteiger partial charge in [0.25, 0.3) is 10.0 Å². The normalized spacial score (nSPS) is 12.4. The topological polar surface area (TPSA) is 96.1 Å². The van der Waals surface area contributed by atoms with Gasteiger partial charge < -0.3 is 4.98 Å². The number of aromatic nitrogens is 1. The Labute approximate surface area is 146 Å². The zero-order valence-corrected chi connectivity index (χ0v) is 15.4. The molecular weight excluding hydrogens is 360 g/mol. The second kappa shape index (κ2) is 6.20. The number of aryl methyl sites for hydroxylation is 1. The van der Waals surface area contributed by atoms with E-state index < -0.39 is 19.9 Å². The summed E-state index contributed by atoms with van der Waals surface area (Å²) in [5.41, 5.74) is 2.76. The molecule has 8 heteroatoms. The van der Waals surface area contributed by atoms with Gasteiger partial charge in [-0.3, -0.25) is 4.72 Å². The Morgan fingerprint density at radius 2 is 1.68 bits per heavy atom. The number of rotatable bonds is 5. The van der Waals surface area contributed by atoms with E-state index in [0.717, 1.165) is 22.7 Å². The van der Waals surface area contributed by atoms with Gasteiger partial charge in [0, 0.05) is 17.8 Å². The molecule has 0 amide bonds. The summed E-state index contributed by atoms with van der Waals surface area (Å²) in [5.74, 6) is -0.123. The summed E-state index contributed by atoms with van der Waals surface area (Å²) in [6.07, 6.45) is 2.96. The monoisotopic (exact) mass is 378 g/mol. The fourth-order valence-corrected chi connectivity index (χ4v) is 4.52. The van der Waals surface area contributed by atoms with Crippen LogP contribution in [0.3, 0.4) is 0 Å². The van der Waals surface area contributed by atoms with E-state index in [1.54, 1.807) is 12.1 Å². The molecule has 1 heterocycles. The lowest BCUT2D eigenvalue weighted by molar-refractivity contribution is 0.600. The molecule has 3 aromatic rings. The van der Waals surface area contributed by atoms with Crippen LogP contribution in [0.25, 0.3) is 10.9 Å². The van der Waals surface area contributed by atoms with Crippen LogP contribution in [0.4, 0.5) is 5.69 Å². The van der Waals surface area contributed by atoms with Crippen molar-refractivity contribution in [2.45, 2.75) is 17.6 Å². The predicted octanol–water partition coefficient (Wildman–Crippen LogP) is 2.82. The van der Waals surface area contributed by atoms with Crippen molar-refractivity contribution in [2.24, 2.45) is 0 Å². The van der Waals surface area contributed by atoms with E-state index in [2.05, 4.69) is 9.71 Å². The highest BCUT2D eigenvalue weighted by atomic mass is 32.2. The Hall–Kier alpha value is -2.32. The standard InChI is InChI=1S/C17H18N2O4S2/c1-12-10-18-17-15(12)4-3-5-16(17)19-25(22,23)14-8-6-13(7-9-14)11-24(2,20)21/h3-10,18-19H,11H2,1-2H3. The fraction of sp³-hybridized carbons (Fsp3) is 0.176. The first-order chi connectivity index (χ1) is 11.7. The molecule has 2 aromatic carbocycles. The van der Waals surface area contributed by atoms with E-state index >= 15 is 0 Å². The van der Waals surface area contributed by atoms with Crippen LogP contribution in [0.2, 0.25) is 0 Å². The summed E-state index contributed by atoms with van der Waals surface area (Å²) >= 11 is 0. The van der Waals surface area contributed by atoms with Gasteiger partial charge in [0.05, 0.1) is 21.9 Å². The number of benzene rings is 2. The van der Waals surface area contributed by atoms with Gasteiger partial charge in [0.2, 0.25) is 0 Å². The molecule has 132 valence electrons. The number of hydrogen-bond acceptors (Lipinski definition) is 4. The molecule has 0 bridgehead atoms. The minimum absolute atomic E-state index is 0.0741. The highest BCUT2D eigenvalue weighted by Crippen LogP contribution is 2.27. The van der Waals surface area contributed by atoms with Crippen molar-refractivity contribution in [1.29, 1.82) is 0 Å². The van der Waals surface area contributed by atoms with Crippen LogP contribution >= 0.6 is 0 Å². The number of fused-ring (bicyclic) bond motifs is 1. The third-order valence-electron chi connectivity index (χ3n) is 3.83. The van der Waals surface area contributed by atoms with E-state index in [1.807, 2.05) is 19.2 Å². The first kappa shape index (κ1) is 17.5. The largest absolute Gasteiger partial charge is 0.359 e. The smallest absolute Gasteiger partial charge is 0.261 e. The van der Waals surface area contributed by atoms with Gasteiger partial charge in [-0.25, -0.2) is 16.8 Å². The molecule has 0 saturated heterocycles. The van der Waals surface area contributed by atoms with Gasteiger partial charge in [0.15, 0.2) is 9.84 Å². The van der Waals surface area contributed by atoms with Crippen molar-refractivity contribution in [3.63, 3.8) is 0 Å². The van der Waals surface area contributed by atoms with Gasteiger partial charge in [-0.1, -0.05) is 24.3 Å². The van der Waals surface area contributed by atoms with Crippen LogP contribution in [0.5, 0.6) is 0 Å². The van der Waals surface area contributed by atoms with E-state index in [-0.39, 0.29) is 10.6 Å². The number of H-pyrrole nitrogens is 1. The molecule has 25 heavy (non-hydrogen) atoms. The molecule has 6 nitrogen and oxygen atoms in total. The quantitative estimate of drug-likeness (QED) is 0.713. The summed E-state index contributed by atoms with van der Waals surface area (Å²) in [6.45, 7) is 1.94.